The van der Waals surface area contributed by atoms with Crippen molar-refractivity contribution in [3.05, 3.63) is 58.9 Å². The number of hydrogen-bond acceptors (Lipinski definition) is 3. The maximum Gasteiger partial charge on any atom is 0.120 e. The Balaban J connectivity index is 1.88. The van der Waals surface area contributed by atoms with Crippen LogP contribution in [0.15, 0.2) is 36.5 Å². The zero-order valence-corrected chi connectivity index (χ0v) is 12.8. The molecule has 2 N–H and O–H groups in total. The highest BCUT2D eigenvalue weighted by atomic mass is 16.3. The van der Waals surface area contributed by atoms with Crippen LogP contribution < -0.4 is 5.32 Å². The summed E-state index contributed by atoms with van der Waals surface area (Å²) in [5.41, 5.74) is 4.68. The summed E-state index contributed by atoms with van der Waals surface area (Å²) in [6.07, 6.45) is 2.84. The van der Waals surface area contributed by atoms with Gasteiger partial charge in [-0.1, -0.05) is 19.1 Å². The molecule has 0 aliphatic heterocycles. The average molecular weight is 282 g/mol. The van der Waals surface area contributed by atoms with E-state index in [0.29, 0.717) is 11.7 Å². The first-order valence-corrected chi connectivity index (χ1v) is 7.57. The molecule has 21 heavy (non-hydrogen) atoms. The van der Waals surface area contributed by atoms with Gasteiger partial charge >= 0.3 is 0 Å². The number of phenols is 1. The molecule has 1 aromatic heterocycles. The van der Waals surface area contributed by atoms with Gasteiger partial charge in [-0.15, -0.1) is 0 Å². The third-order valence-electron chi connectivity index (χ3n) is 4.50. The Morgan fingerprint density at radius 3 is 2.76 bits per heavy atom. The zero-order chi connectivity index (χ0) is 15.0. The van der Waals surface area contributed by atoms with Crippen molar-refractivity contribution in [1.82, 2.24) is 10.3 Å². The van der Waals surface area contributed by atoms with Gasteiger partial charge in [-0.3, -0.25) is 4.98 Å². The molecule has 0 bridgehead atoms. The molecule has 110 valence electrons. The number of benzene rings is 1. The molecular formula is C18H22N2O. The van der Waals surface area contributed by atoms with Crippen LogP contribution in [0.3, 0.4) is 0 Å². The number of fused-ring (bicyclic) bond motifs is 1. The van der Waals surface area contributed by atoms with E-state index >= 15 is 0 Å². The highest BCUT2D eigenvalue weighted by Crippen LogP contribution is 2.46. The molecule has 0 amide bonds. The summed E-state index contributed by atoms with van der Waals surface area (Å²) in [7, 11) is 0. The van der Waals surface area contributed by atoms with Crippen LogP contribution in [0.2, 0.25) is 0 Å². The van der Waals surface area contributed by atoms with Gasteiger partial charge in [-0.25, -0.2) is 0 Å². The van der Waals surface area contributed by atoms with Gasteiger partial charge in [0.05, 0.1) is 5.69 Å². The summed E-state index contributed by atoms with van der Waals surface area (Å²) in [6, 6.07) is 10.1. The summed E-state index contributed by atoms with van der Waals surface area (Å²) in [5, 5.41) is 13.9. The minimum absolute atomic E-state index is 0.161. The van der Waals surface area contributed by atoms with E-state index < -0.39 is 0 Å². The number of aryl methyl sites for hydroxylation is 1. The van der Waals surface area contributed by atoms with Crippen molar-refractivity contribution in [3.63, 3.8) is 0 Å². The first-order chi connectivity index (χ1) is 10.1. The number of rotatable bonds is 3. The summed E-state index contributed by atoms with van der Waals surface area (Å²) in [4.78, 5) is 4.41. The number of phenolic OH excluding ortho intramolecular Hbond substituents is 1. The van der Waals surface area contributed by atoms with Gasteiger partial charge in [0.1, 0.15) is 5.75 Å². The second kappa shape index (κ2) is 5.49. The molecule has 1 heterocycles. The van der Waals surface area contributed by atoms with Gasteiger partial charge in [0.25, 0.3) is 0 Å². The van der Waals surface area contributed by atoms with Crippen LogP contribution in [-0.4, -0.2) is 10.1 Å². The molecular weight excluding hydrogens is 260 g/mol. The van der Waals surface area contributed by atoms with Crippen LogP contribution in [0.5, 0.6) is 5.75 Å². The van der Waals surface area contributed by atoms with Crippen LogP contribution in [0.4, 0.5) is 0 Å². The van der Waals surface area contributed by atoms with Crippen molar-refractivity contribution in [2.45, 2.75) is 45.2 Å². The van der Waals surface area contributed by atoms with Crippen molar-refractivity contribution < 1.29 is 5.11 Å². The van der Waals surface area contributed by atoms with Gasteiger partial charge in [-0.2, -0.15) is 0 Å². The van der Waals surface area contributed by atoms with Gasteiger partial charge in [-0.05, 0) is 55.5 Å². The van der Waals surface area contributed by atoms with Crippen LogP contribution in [0, 0.1) is 6.92 Å². The van der Waals surface area contributed by atoms with Crippen LogP contribution in [-0.2, 0) is 0 Å². The zero-order valence-electron chi connectivity index (χ0n) is 12.8. The lowest BCUT2D eigenvalue weighted by Gasteiger charge is -2.21. The second-order valence-electron chi connectivity index (χ2n) is 6.06. The van der Waals surface area contributed by atoms with Crippen molar-refractivity contribution in [1.29, 1.82) is 0 Å². The van der Waals surface area contributed by atoms with Gasteiger partial charge < -0.3 is 10.4 Å². The second-order valence-corrected chi connectivity index (χ2v) is 6.06. The molecule has 0 fully saturated rings. The van der Waals surface area contributed by atoms with Crippen LogP contribution in [0.1, 0.15) is 60.7 Å². The standard InChI is InChI=1S/C18H22N2O/c1-11-7-8-16(21)18-15(10-12(2)17(11)18)20-13(3)14-6-4-5-9-19-14/h4-9,12-13,15,20-21H,10H2,1-3H3/t12?,13-,15?/m0/s1. The quantitative estimate of drug-likeness (QED) is 0.894. The van der Waals surface area contributed by atoms with E-state index in [1.165, 1.54) is 11.1 Å². The Bertz CT molecular complexity index is 639. The molecule has 0 radical (unpaired) electrons. The fourth-order valence-corrected chi connectivity index (χ4v) is 3.51. The largest absolute Gasteiger partial charge is 0.508 e. The minimum atomic E-state index is 0.161. The molecule has 3 heteroatoms. The number of hydrogen-bond donors (Lipinski definition) is 2. The third-order valence-corrected chi connectivity index (χ3v) is 4.50. The fraction of sp³-hybridized carbons (Fsp3) is 0.389. The summed E-state index contributed by atoms with van der Waals surface area (Å²) < 4.78 is 0. The van der Waals surface area contributed by atoms with E-state index in [0.717, 1.165) is 17.7 Å². The topological polar surface area (TPSA) is 45.1 Å². The molecule has 1 aliphatic rings. The highest BCUT2D eigenvalue weighted by molar-refractivity contribution is 5.51. The number of nitrogens with one attached hydrogen (secondary N) is 1. The normalized spacial score (nSPS) is 22.0. The third kappa shape index (κ3) is 2.54. The Kier molecular flexibility index (Phi) is 3.68. The predicted octanol–water partition coefficient (Wildman–Crippen LogP) is 3.99. The van der Waals surface area contributed by atoms with Crippen LogP contribution in [0.25, 0.3) is 0 Å². The minimum Gasteiger partial charge on any atom is -0.508 e. The Morgan fingerprint density at radius 1 is 1.24 bits per heavy atom. The van der Waals surface area contributed by atoms with E-state index in [9.17, 15) is 5.11 Å². The van der Waals surface area contributed by atoms with Crippen molar-refractivity contribution in [3.8, 4) is 5.75 Å². The first kappa shape index (κ1) is 14.1. The van der Waals surface area contributed by atoms with Gasteiger partial charge in [0, 0.05) is 23.8 Å². The van der Waals surface area contributed by atoms with Gasteiger partial charge in [0.15, 0.2) is 0 Å². The molecule has 0 spiro atoms. The van der Waals surface area contributed by atoms with E-state index in [-0.39, 0.29) is 12.1 Å². The van der Waals surface area contributed by atoms with E-state index in [4.69, 9.17) is 0 Å². The molecule has 3 atom stereocenters. The highest BCUT2D eigenvalue weighted by Gasteiger charge is 2.32. The smallest absolute Gasteiger partial charge is 0.120 e. The molecule has 1 aromatic carbocycles. The predicted molar refractivity (Wildman–Crippen MR) is 84.4 cm³/mol. The Hall–Kier alpha value is -1.87. The molecule has 0 saturated carbocycles. The number of nitrogens with zero attached hydrogens (tertiary/aromatic N) is 1. The lowest BCUT2D eigenvalue weighted by molar-refractivity contribution is 0.419. The van der Waals surface area contributed by atoms with Crippen molar-refractivity contribution in [2.24, 2.45) is 0 Å². The SMILES string of the molecule is Cc1ccc(O)c2c1C(C)CC2N[C@@H](C)c1ccccn1. The van der Waals surface area contributed by atoms with E-state index in [1.54, 1.807) is 0 Å². The number of aromatic nitrogens is 1. The number of aromatic hydroxyl groups is 1. The van der Waals surface area contributed by atoms with Crippen molar-refractivity contribution >= 4 is 0 Å². The summed E-state index contributed by atoms with van der Waals surface area (Å²) >= 11 is 0. The van der Waals surface area contributed by atoms with Crippen molar-refractivity contribution in [2.75, 3.05) is 0 Å². The monoisotopic (exact) mass is 282 g/mol. The summed E-state index contributed by atoms with van der Waals surface area (Å²) in [6.45, 7) is 6.48. The maximum absolute atomic E-state index is 10.3. The van der Waals surface area contributed by atoms with E-state index in [2.05, 4.69) is 31.1 Å². The molecule has 2 aromatic rings. The molecule has 0 saturated heterocycles. The molecule has 1 aliphatic carbocycles. The van der Waals surface area contributed by atoms with Crippen LogP contribution >= 0.6 is 0 Å². The lowest BCUT2D eigenvalue weighted by Crippen LogP contribution is -2.23. The molecule has 3 rings (SSSR count). The molecule has 3 nitrogen and oxygen atoms in total. The van der Waals surface area contributed by atoms with Gasteiger partial charge in [0.2, 0.25) is 0 Å². The first-order valence-electron chi connectivity index (χ1n) is 7.57. The Morgan fingerprint density at radius 2 is 2.05 bits per heavy atom. The Labute approximate surface area is 126 Å². The number of pyridine rings is 1. The average Bonchev–Trinajstić information content (AvgIpc) is 2.81. The maximum atomic E-state index is 10.3. The molecule has 2 unspecified atom stereocenters. The lowest BCUT2D eigenvalue weighted by atomic mass is 9.97. The summed E-state index contributed by atoms with van der Waals surface area (Å²) in [5.74, 6) is 0.881. The fourth-order valence-electron chi connectivity index (χ4n) is 3.51. The van der Waals surface area contributed by atoms with E-state index in [1.807, 2.05) is 36.5 Å².